The SMILES string of the molecule is O=C(Cc1ccncc1)CN(Cc1ccccc1)c1ncc[nH]1. The second-order valence-corrected chi connectivity index (χ2v) is 5.33. The van der Waals surface area contributed by atoms with E-state index in [0.29, 0.717) is 25.5 Å². The van der Waals surface area contributed by atoms with Gasteiger partial charge in [-0.2, -0.15) is 0 Å². The fourth-order valence-electron chi connectivity index (χ4n) is 2.44. The summed E-state index contributed by atoms with van der Waals surface area (Å²) in [6, 6.07) is 13.8. The van der Waals surface area contributed by atoms with Crippen LogP contribution in [-0.2, 0) is 17.8 Å². The Labute approximate surface area is 135 Å². The third-order valence-corrected chi connectivity index (χ3v) is 3.52. The lowest BCUT2D eigenvalue weighted by Crippen LogP contribution is -2.31. The van der Waals surface area contributed by atoms with Gasteiger partial charge in [0.2, 0.25) is 5.95 Å². The molecule has 5 heteroatoms. The third-order valence-electron chi connectivity index (χ3n) is 3.52. The van der Waals surface area contributed by atoms with Crippen molar-refractivity contribution in [2.24, 2.45) is 0 Å². The number of ketones is 1. The zero-order chi connectivity index (χ0) is 15.9. The monoisotopic (exact) mass is 306 g/mol. The quantitative estimate of drug-likeness (QED) is 0.729. The molecule has 0 amide bonds. The van der Waals surface area contributed by atoms with Crippen LogP contribution < -0.4 is 4.90 Å². The maximum Gasteiger partial charge on any atom is 0.203 e. The molecule has 2 heterocycles. The van der Waals surface area contributed by atoms with Gasteiger partial charge in [-0.05, 0) is 23.3 Å². The van der Waals surface area contributed by atoms with Gasteiger partial charge in [-0.25, -0.2) is 4.98 Å². The second kappa shape index (κ2) is 7.35. The van der Waals surface area contributed by atoms with E-state index in [-0.39, 0.29) is 5.78 Å². The molecule has 3 rings (SSSR count). The molecule has 0 saturated carbocycles. The highest BCUT2D eigenvalue weighted by atomic mass is 16.1. The molecule has 0 aliphatic rings. The van der Waals surface area contributed by atoms with Gasteiger partial charge in [-0.3, -0.25) is 9.78 Å². The van der Waals surface area contributed by atoms with Crippen molar-refractivity contribution in [3.8, 4) is 0 Å². The number of Topliss-reactive ketones (excluding diaryl/α,β-unsaturated/α-hetero) is 1. The number of anilines is 1. The van der Waals surface area contributed by atoms with Gasteiger partial charge >= 0.3 is 0 Å². The van der Waals surface area contributed by atoms with E-state index in [9.17, 15) is 4.79 Å². The van der Waals surface area contributed by atoms with Crippen molar-refractivity contribution in [1.82, 2.24) is 15.0 Å². The summed E-state index contributed by atoms with van der Waals surface area (Å²) in [7, 11) is 0. The van der Waals surface area contributed by atoms with Crippen LogP contribution in [0, 0.1) is 0 Å². The molecule has 0 radical (unpaired) electrons. The Morgan fingerprint density at radius 2 is 1.78 bits per heavy atom. The van der Waals surface area contributed by atoms with Gasteiger partial charge in [0.05, 0.1) is 6.54 Å². The molecule has 0 aliphatic heterocycles. The lowest BCUT2D eigenvalue weighted by Gasteiger charge is -2.21. The summed E-state index contributed by atoms with van der Waals surface area (Å²) in [5.74, 6) is 0.848. The van der Waals surface area contributed by atoms with Crippen molar-refractivity contribution in [2.45, 2.75) is 13.0 Å². The highest BCUT2D eigenvalue weighted by Crippen LogP contribution is 2.12. The summed E-state index contributed by atoms with van der Waals surface area (Å²) < 4.78 is 0. The number of imidazole rings is 1. The van der Waals surface area contributed by atoms with E-state index in [0.717, 1.165) is 11.1 Å². The fourth-order valence-corrected chi connectivity index (χ4v) is 2.44. The average molecular weight is 306 g/mol. The largest absolute Gasteiger partial charge is 0.331 e. The van der Waals surface area contributed by atoms with E-state index >= 15 is 0 Å². The predicted molar refractivity (Wildman–Crippen MR) is 89.0 cm³/mol. The Morgan fingerprint density at radius 3 is 2.48 bits per heavy atom. The summed E-state index contributed by atoms with van der Waals surface area (Å²) in [5, 5.41) is 0. The standard InChI is InChI=1S/C18H18N4O/c23-17(12-15-6-8-19-9-7-15)14-22(18-20-10-11-21-18)13-16-4-2-1-3-5-16/h1-11H,12-14H2,(H,20,21). The van der Waals surface area contributed by atoms with Crippen LogP contribution in [-0.4, -0.2) is 27.3 Å². The third kappa shape index (κ3) is 4.26. The minimum Gasteiger partial charge on any atom is -0.331 e. The number of carbonyl (C=O) groups is 1. The van der Waals surface area contributed by atoms with Crippen LogP contribution in [0.5, 0.6) is 0 Å². The molecular weight excluding hydrogens is 288 g/mol. The molecule has 1 aromatic carbocycles. The molecule has 1 N–H and O–H groups in total. The predicted octanol–water partition coefficient (Wildman–Crippen LogP) is 2.62. The van der Waals surface area contributed by atoms with Crippen LogP contribution in [0.25, 0.3) is 0 Å². The first-order valence-electron chi connectivity index (χ1n) is 7.50. The van der Waals surface area contributed by atoms with Crippen LogP contribution >= 0.6 is 0 Å². The molecule has 0 aliphatic carbocycles. The van der Waals surface area contributed by atoms with E-state index in [1.165, 1.54) is 0 Å². The highest BCUT2D eigenvalue weighted by molar-refractivity contribution is 5.85. The maximum atomic E-state index is 12.4. The molecule has 0 saturated heterocycles. The number of hydrogen-bond donors (Lipinski definition) is 1. The number of pyridine rings is 1. The molecule has 0 unspecified atom stereocenters. The highest BCUT2D eigenvalue weighted by Gasteiger charge is 2.14. The molecule has 0 atom stereocenters. The Kier molecular flexibility index (Phi) is 4.79. The summed E-state index contributed by atoms with van der Waals surface area (Å²) in [6.45, 7) is 0.946. The Balaban J connectivity index is 1.70. The molecule has 0 fully saturated rings. The minimum atomic E-state index is 0.142. The number of hydrogen-bond acceptors (Lipinski definition) is 4. The van der Waals surface area contributed by atoms with Crippen molar-refractivity contribution in [3.05, 3.63) is 78.4 Å². The zero-order valence-electron chi connectivity index (χ0n) is 12.7. The van der Waals surface area contributed by atoms with E-state index in [1.807, 2.05) is 47.4 Å². The van der Waals surface area contributed by atoms with Gasteiger partial charge in [0.15, 0.2) is 5.78 Å². The Bertz CT molecular complexity index is 726. The Hall–Kier alpha value is -2.95. The van der Waals surface area contributed by atoms with Crippen LogP contribution in [0.3, 0.4) is 0 Å². The Morgan fingerprint density at radius 1 is 1.00 bits per heavy atom. The summed E-state index contributed by atoms with van der Waals surface area (Å²) in [6.07, 6.45) is 7.27. The van der Waals surface area contributed by atoms with Crippen molar-refractivity contribution >= 4 is 11.7 Å². The first-order valence-corrected chi connectivity index (χ1v) is 7.50. The van der Waals surface area contributed by atoms with Crippen LogP contribution in [0.2, 0.25) is 0 Å². The summed E-state index contributed by atoms with van der Waals surface area (Å²) in [4.78, 5) is 25.7. The molecule has 3 aromatic rings. The van der Waals surface area contributed by atoms with E-state index in [2.05, 4.69) is 15.0 Å². The lowest BCUT2D eigenvalue weighted by atomic mass is 10.1. The van der Waals surface area contributed by atoms with Crippen LogP contribution in [0.1, 0.15) is 11.1 Å². The van der Waals surface area contributed by atoms with Crippen molar-refractivity contribution in [1.29, 1.82) is 0 Å². The van der Waals surface area contributed by atoms with Gasteiger partial charge in [-0.1, -0.05) is 30.3 Å². The number of H-pyrrole nitrogens is 1. The number of carbonyl (C=O) groups excluding carboxylic acids is 1. The normalized spacial score (nSPS) is 10.4. The fraction of sp³-hybridized carbons (Fsp3) is 0.167. The number of aromatic amines is 1. The van der Waals surface area contributed by atoms with Gasteiger partial charge in [0.25, 0.3) is 0 Å². The number of aromatic nitrogens is 3. The summed E-state index contributed by atoms with van der Waals surface area (Å²) >= 11 is 0. The van der Waals surface area contributed by atoms with Crippen LogP contribution in [0.15, 0.2) is 67.3 Å². The van der Waals surface area contributed by atoms with Gasteiger partial charge in [0, 0.05) is 37.8 Å². The van der Waals surface area contributed by atoms with Crippen LogP contribution in [0.4, 0.5) is 5.95 Å². The lowest BCUT2D eigenvalue weighted by molar-refractivity contribution is -0.117. The number of benzene rings is 1. The van der Waals surface area contributed by atoms with Crippen molar-refractivity contribution in [2.75, 3.05) is 11.4 Å². The maximum absolute atomic E-state index is 12.4. The molecular formula is C18H18N4O. The van der Waals surface area contributed by atoms with Crippen molar-refractivity contribution in [3.63, 3.8) is 0 Å². The van der Waals surface area contributed by atoms with Gasteiger partial charge in [0.1, 0.15) is 0 Å². The van der Waals surface area contributed by atoms with E-state index < -0.39 is 0 Å². The molecule has 0 bridgehead atoms. The molecule has 116 valence electrons. The zero-order valence-corrected chi connectivity index (χ0v) is 12.7. The van der Waals surface area contributed by atoms with E-state index in [1.54, 1.807) is 24.8 Å². The average Bonchev–Trinajstić information content (AvgIpc) is 3.10. The van der Waals surface area contributed by atoms with E-state index in [4.69, 9.17) is 0 Å². The smallest absolute Gasteiger partial charge is 0.203 e. The molecule has 5 nitrogen and oxygen atoms in total. The number of nitrogens with zero attached hydrogens (tertiary/aromatic N) is 3. The number of nitrogens with one attached hydrogen (secondary N) is 1. The molecule has 23 heavy (non-hydrogen) atoms. The number of rotatable bonds is 7. The molecule has 0 spiro atoms. The minimum absolute atomic E-state index is 0.142. The topological polar surface area (TPSA) is 61.9 Å². The molecule has 2 aromatic heterocycles. The second-order valence-electron chi connectivity index (χ2n) is 5.33. The van der Waals surface area contributed by atoms with Gasteiger partial charge < -0.3 is 9.88 Å². The first kappa shape index (κ1) is 15.0. The van der Waals surface area contributed by atoms with Gasteiger partial charge in [-0.15, -0.1) is 0 Å². The summed E-state index contributed by atoms with van der Waals surface area (Å²) in [5.41, 5.74) is 2.12. The van der Waals surface area contributed by atoms with Crippen molar-refractivity contribution < 1.29 is 4.79 Å². The first-order chi connectivity index (χ1) is 11.3.